The molecule has 0 amide bonds. The number of terminal acetylenes is 2. The second kappa shape index (κ2) is 17.5. The molecule has 15 heteroatoms. The van der Waals surface area contributed by atoms with E-state index in [1.54, 1.807) is 11.5 Å². The highest BCUT2D eigenvalue weighted by Gasteiger charge is 2.38. The van der Waals surface area contributed by atoms with Crippen LogP contribution in [0.5, 0.6) is 11.5 Å². The fourth-order valence-electron chi connectivity index (χ4n) is 7.20. The number of pyridine rings is 2. The Balaban J connectivity index is 1.36. The number of carbonyl (C=O) groups excluding carboxylic acids is 3. The average Bonchev–Trinajstić information content (AvgIpc) is 3.95. The summed E-state index contributed by atoms with van der Waals surface area (Å²) in [6, 6.07) is 1.33. The minimum absolute atomic E-state index is 0.0361. The highest BCUT2D eigenvalue weighted by Crippen LogP contribution is 2.45. The number of anilines is 1. The van der Waals surface area contributed by atoms with E-state index in [1.165, 1.54) is 39.4 Å². The molecule has 2 aliphatic heterocycles. The monoisotopic (exact) mass is 772 g/mol. The van der Waals surface area contributed by atoms with E-state index in [0.717, 1.165) is 32.2 Å². The number of ether oxygens (including phenoxy) is 6. The molecule has 1 aliphatic carbocycles. The highest BCUT2D eigenvalue weighted by atomic mass is 19.1. The van der Waals surface area contributed by atoms with E-state index in [9.17, 15) is 19.2 Å². The van der Waals surface area contributed by atoms with Crippen LogP contribution in [0.2, 0.25) is 0 Å². The van der Waals surface area contributed by atoms with Crippen LogP contribution in [0.25, 0.3) is 10.9 Å². The molecule has 3 fully saturated rings. The van der Waals surface area contributed by atoms with Crippen LogP contribution in [0.4, 0.5) is 10.1 Å². The number of aromatic nitrogens is 2. The molecule has 56 heavy (non-hydrogen) atoms. The van der Waals surface area contributed by atoms with Gasteiger partial charge in [0.25, 0.3) is 0 Å². The minimum atomic E-state index is -1.06. The van der Waals surface area contributed by atoms with Crippen molar-refractivity contribution < 1.29 is 47.2 Å². The van der Waals surface area contributed by atoms with Gasteiger partial charge in [-0.1, -0.05) is 11.8 Å². The summed E-state index contributed by atoms with van der Waals surface area (Å²) in [6.45, 7) is 5.54. The summed E-state index contributed by atoms with van der Waals surface area (Å²) in [4.78, 5) is 60.1. The Labute approximate surface area is 323 Å². The topological polar surface area (TPSA) is 157 Å². The van der Waals surface area contributed by atoms with Gasteiger partial charge in [-0.15, -0.1) is 12.8 Å². The normalized spacial score (nSPS) is 18.7. The predicted octanol–water partition coefficient (Wildman–Crippen LogP) is 3.76. The first kappa shape index (κ1) is 40.2. The van der Waals surface area contributed by atoms with Gasteiger partial charge in [0, 0.05) is 48.7 Å². The number of esters is 3. The molecule has 4 heterocycles. The van der Waals surface area contributed by atoms with Crippen molar-refractivity contribution in [3.8, 4) is 36.2 Å². The Bertz CT molecular complexity index is 2140. The van der Waals surface area contributed by atoms with E-state index in [4.69, 9.17) is 41.3 Å². The molecule has 2 aromatic heterocycles. The summed E-state index contributed by atoms with van der Waals surface area (Å²) >= 11 is 0. The number of piperidine rings is 1. The Morgan fingerprint density at radius 1 is 1.02 bits per heavy atom. The van der Waals surface area contributed by atoms with Crippen molar-refractivity contribution in [1.29, 1.82) is 0 Å². The van der Waals surface area contributed by atoms with E-state index in [-0.39, 0.29) is 76.9 Å². The number of fused-ring (bicyclic) bond motifs is 2. The second-order valence-corrected chi connectivity index (χ2v) is 14.1. The molecule has 0 spiro atoms. The third kappa shape index (κ3) is 8.50. The van der Waals surface area contributed by atoms with Crippen LogP contribution < -0.4 is 25.1 Å². The minimum Gasteiger partial charge on any atom is -0.492 e. The zero-order valence-electron chi connectivity index (χ0n) is 31.9. The fraction of sp³-hybridized carbons (Fsp3) is 0.488. The molecular formula is C41H45FN4O10. The quantitative estimate of drug-likeness (QED) is 0.176. The number of nitrogens with one attached hydrogen (secondary N) is 1. The van der Waals surface area contributed by atoms with Crippen molar-refractivity contribution in [2.45, 2.75) is 84.0 Å². The Morgan fingerprint density at radius 2 is 1.70 bits per heavy atom. The first-order chi connectivity index (χ1) is 27.0. The van der Waals surface area contributed by atoms with Gasteiger partial charge in [-0.2, -0.15) is 0 Å². The van der Waals surface area contributed by atoms with Gasteiger partial charge in [0.05, 0.1) is 23.7 Å². The smallest absolute Gasteiger partial charge is 0.349 e. The number of halogens is 1. The summed E-state index contributed by atoms with van der Waals surface area (Å²) in [5.41, 5.74) is 0.127. The van der Waals surface area contributed by atoms with Crippen molar-refractivity contribution >= 4 is 34.5 Å². The Kier molecular flexibility index (Phi) is 12.6. The molecule has 6 rings (SSSR count). The van der Waals surface area contributed by atoms with Crippen molar-refractivity contribution in [2.75, 3.05) is 44.9 Å². The molecule has 3 aliphatic rings. The third-order valence-corrected chi connectivity index (χ3v) is 10.3. The molecule has 2 saturated heterocycles. The number of carbonyl (C=O) groups is 3. The molecule has 4 atom stereocenters. The highest BCUT2D eigenvalue weighted by molar-refractivity contribution is 5.98. The molecule has 14 nitrogen and oxygen atoms in total. The zero-order valence-corrected chi connectivity index (χ0v) is 31.9. The number of aryl methyl sites for hydroxylation is 1. The number of rotatable bonds is 15. The van der Waals surface area contributed by atoms with Crippen LogP contribution in [-0.2, 0) is 41.8 Å². The number of benzene rings is 1. The summed E-state index contributed by atoms with van der Waals surface area (Å²) < 4.78 is 51.3. The van der Waals surface area contributed by atoms with Gasteiger partial charge in [0.2, 0.25) is 5.43 Å². The molecule has 1 saturated carbocycles. The summed E-state index contributed by atoms with van der Waals surface area (Å²) in [7, 11) is 1.45. The van der Waals surface area contributed by atoms with Gasteiger partial charge in [-0.3, -0.25) is 9.78 Å². The van der Waals surface area contributed by atoms with Crippen molar-refractivity contribution in [2.24, 2.45) is 5.92 Å². The van der Waals surface area contributed by atoms with E-state index >= 15 is 4.39 Å². The van der Waals surface area contributed by atoms with Gasteiger partial charge in [0.15, 0.2) is 29.5 Å². The lowest BCUT2D eigenvalue weighted by molar-refractivity contribution is -0.158. The summed E-state index contributed by atoms with van der Waals surface area (Å²) in [6.07, 6.45) is 14.9. The lowest BCUT2D eigenvalue weighted by Crippen LogP contribution is -2.40. The van der Waals surface area contributed by atoms with Gasteiger partial charge in [-0.25, -0.2) is 18.8 Å². The maximum atomic E-state index is 16.2. The number of hydrogen-bond donors (Lipinski definition) is 1. The van der Waals surface area contributed by atoms with Gasteiger partial charge in [0.1, 0.15) is 37.7 Å². The van der Waals surface area contributed by atoms with E-state index in [2.05, 4.69) is 22.1 Å². The van der Waals surface area contributed by atoms with E-state index < -0.39 is 48.0 Å². The molecule has 0 radical (unpaired) electrons. The number of hydrogen-bond acceptors (Lipinski definition) is 13. The maximum absolute atomic E-state index is 16.2. The largest absolute Gasteiger partial charge is 0.492 e. The van der Waals surface area contributed by atoms with Crippen LogP contribution in [0.1, 0.15) is 72.8 Å². The first-order valence-corrected chi connectivity index (χ1v) is 18.5. The lowest BCUT2D eigenvalue weighted by atomic mass is 9.94. The van der Waals surface area contributed by atoms with Crippen LogP contribution >= 0.6 is 0 Å². The molecule has 296 valence electrons. The maximum Gasteiger partial charge on any atom is 0.349 e. The predicted molar refractivity (Wildman–Crippen MR) is 202 cm³/mol. The lowest BCUT2D eigenvalue weighted by Gasteiger charge is -2.25. The SMILES string of the molecule is C#CCOC(C)C(=O)OCc1cnc(C)c(OC(=O)c2cn(C3CC3)c3c(OC)c(N4CC5CCCNC5C4)c(F)cc3c2=O)c1COC(=O)C(C)OCC#C. The Hall–Kier alpha value is -5.48. The van der Waals surface area contributed by atoms with Crippen molar-refractivity contribution in [3.63, 3.8) is 0 Å². The summed E-state index contributed by atoms with van der Waals surface area (Å²) in [5.74, 6) is 1.82. The zero-order chi connectivity index (χ0) is 40.1. The molecule has 1 aromatic carbocycles. The number of nitrogens with zero attached hydrogens (tertiary/aromatic N) is 3. The molecule has 0 bridgehead atoms. The fourth-order valence-corrected chi connectivity index (χ4v) is 7.20. The van der Waals surface area contributed by atoms with Crippen molar-refractivity contribution in [3.05, 3.63) is 56.9 Å². The average molecular weight is 773 g/mol. The van der Waals surface area contributed by atoms with Gasteiger partial charge >= 0.3 is 17.9 Å². The summed E-state index contributed by atoms with van der Waals surface area (Å²) in [5, 5.41) is 3.50. The van der Waals surface area contributed by atoms with Crippen LogP contribution in [-0.4, -0.2) is 85.7 Å². The molecule has 3 aromatic rings. The van der Waals surface area contributed by atoms with Crippen molar-refractivity contribution in [1.82, 2.24) is 14.9 Å². The first-order valence-electron chi connectivity index (χ1n) is 18.5. The van der Waals surface area contributed by atoms with Crippen LogP contribution in [0.3, 0.4) is 0 Å². The van der Waals surface area contributed by atoms with Gasteiger partial charge in [-0.05, 0) is 65.0 Å². The molecule has 1 N–H and O–H groups in total. The van der Waals surface area contributed by atoms with E-state index in [1.807, 2.05) is 4.90 Å². The van der Waals surface area contributed by atoms with E-state index in [0.29, 0.717) is 24.5 Å². The van der Waals surface area contributed by atoms with Crippen LogP contribution in [0, 0.1) is 43.3 Å². The Morgan fingerprint density at radius 3 is 2.32 bits per heavy atom. The molecule has 4 unspecified atom stereocenters. The van der Waals surface area contributed by atoms with Crippen LogP contribution in [0.15, 0.2) is 23.3 Å². The second-order valence-electron chi connectivity index (χ2n) is 14.1. The number of methoxy groups -OCH3 is 1. The third-order valence-electron chi connectivity index (χ3n) is 10.3. The van der Waals surface area contributed by atoms with Gasteiger partial charge < -0.3 is 43.2 Å². The standard InChI is InChI=1S/C41H45FN4O10/c1-7-14-52-24(4)39(48)54-21-27-17-44-23(3)37(31(27)22-55-40(49)25(5)53-15-8-2)56-41(50)30-19-46(28-11-12-28)34-29(36(30)47)16-32(42)35(38(34)51-6)45-18-26-10-9-13-43-33(26)20-45/h1-2,16-17,19,24-26,28,33,43H,9-15,18,20-22H2,3-6H3. The molecular weight excluding hydrogens is 727 g/mol.